The van der Waals surface area contributed by atoms with Crippen molar-refractivity contribution in [1.29, 1.82) is 0 Å². The number of rotatable bonds is 5. The van der Waals surface area contributed by atoms with E-state index in [1.54, 1.807) is 16.6 Å². The second kappa shape index (κ2) is 7.76. The molecule has 164 valence electrons. The number of anilines is 1. The first-order valence-electron chi connectivity index (χ1n) is 9.36. The summed E-state index contributed by atoms with van der Waals surface area (Å²) in [5.41, 5.74) is 1.18. The Morgan fingerprint density at radius 2 is 1.85 bits per heavy atom. The smallest absolute Gasteiger partial charge is 0.270 e. The molecule has 2 aromatic carbocycles. The quantitative estimate of drug-likeness (QED) is 0.261. The molecule has 0 radical (unpaired) electrons. The number of nitro benzene ring substituents is 1. The van der Waals surface area contributed by atoms with Gasteiger partial charge in [0.1, 0.15) is 6.54 Å². The van der Waals surface area contributed by atoms with Crippen molar-refractivity contribution < 1.29 is 19.3 Å². The predicted octanol–water partition coefficient (Wildman–Crippen LogP) is 3.25. The Bertz CT molecular complexity index is 1480. The summed E-state index contributed by atoms with van der Waals surface area (Å²) in [5.74, 6) is -2.17. The van der Waals surface area contributed by atoms with E-state index >= 15 is 0 Å². The van der Waals surface area contributed by atoms with Crippen LogP contribution in [0.1, 0.15) is 20.7 Å². The van der Waals surface area contributed by atoms with Gasteiger partial charge in [0.05, 0.1) is 21.7 Å². The number of hydrogen-bond acceptors (Lipinski definition) is 8. The summed E-state index contributed by atoms with van der Waals surface area (Å²) in [6, 6.07) is 10.5. The maximum Gasteiger partial charge on any atom is 0.270 e. The number of halogens is 1. The van der Waals surface area contributed by atoms with E-state index in [1.807, 2.05) is 17.5 Å². The van der Waals surface area contributed by atoms with Crippen LogP contribution in [0.4, 0.5) is 11.6 Å². The van der Waals surface area contributed by atoms with Gasteiger partial charge in [0.25, 0.3) is 23.5 Å². The molecule has 0 fully saturated rings. The zero-order chi connectivity index (χ0) is 23.3. The number of amides is 3. The number of non-ortho nitro benzene ring substituents is 1. The summed E-state index contributed by atoms with van der Waals surface area (Å²) < 4.78 is 1.56. The van der Waals surface area contributed by atoms with Crippen LogP contribution < -0.4 is 5.32 Å². The average molecular weight is 483 g/mol. The van der Waals surface area contributed by atoms with Crippen molar-refractivity contribution in [3.63, 3.8) is 0 Å². The molecule has 3 heterocycles. The van der Waals surface area contributed by atoms with Crippen molar-refractivity contribution in [2.24, 2.45) is 0 Å². The SMILES string of the molecule is O=C(CN1C(=O)c2ccc([N+](=O)[O-])cc2C1=O)Nc1nc2scc(-c3ccc(Cl)cc3)n2n1. The molecule has 0 saturated carbocycles. The first kappa shape index (κ1) is 20.7. The third-order valence-corrected chi connectivity index (χ3v) is 6.01. The van der Waals surface area contributed by atoms with Gasteiger partial charge in [0.15, 0.2) is 0 Å². The van der Waals surface area contributed by atoms with Crippen LogP contribution in [0, 0.1) is 10.1 Å². The highest BCUT2D eigenvalue weighted by Gasteiger charge is 2.38. The molecule has 11 nitrogen and oxygen atoms in total. The summed E-state index contributed by atoms with van der Waals surface area (Å²) in [6.07, 6.45) is 0. The normalized spacial score (nSPS) is 12.9. The molecule has 0 atom stereocenters. The van der Waals surface area contributed by atoms with Gasteiger partial charge in [-0.1, -0.05) is 23.7 Å². The van der Waals surface area contributed by atoms with Gasteiger partial charge >= 0.3 is 0 Å². The van der Waals surface area contributed by atoms with Gasteiger partial charge in [-0.15, -0.1) is 16.4 Å². The maximum atomic E-state index is 12.6. The Kier molecular flexibility index (Phi) is 4.87. The number of thiazole rings is 1. The number of carbonyl (C=O) groups excluding carboxylic acids is 3. The van der Waals surface area contributed by atoms with Crippen LogP contribution in [0.25, 0.3) is 16.2 Å². The van der Waals surface area contributed by atoms with Crippen molar-refractivity contribution >= 4 is 57.3 Å². The van der Waals surface area contributed by atoms with Gasteiger partial charge in [0.2, 0.25) is 10.9 Å². The lowest BCUT2D eigenvalue weighted by Gasteiger charge is -2.12. The average Bonchev–Trinajstić information content (AvgIpc) is 3.42. The van der Waals surface area contributed by atoms with Gasteiger partial charge in [-0.05, 0) is 18.2 Å². The topological polar surface area (TPSA) is 140 Å². The number of fused-ring (bicyclic) bond motifs is 2. The molecule has 0 saturated heterocycles. The van der Waals surface area contributed by atoms with E-state index in [0.717, 1.165) is 28.3 Å². The van der Waals surface area contributed by atoms with Gasteiger partial charge in [-0.3, -0.25) is 34.7 Å². The molecule has 4 aromatic rings. The number of aromatic nitrogens is 3. The summed E-state index contributed by atoms with van der Waals surface area (Å²) >= 11 is 7.25. The molecule has 2 aromatic heterocycles. The highest BCUT2D eigenvalue weighted by Crippen LogP contribution is 2.28. The lowest BCUT2D eigenvalue weighted by molar-refractivity contribution is -0.384. The lowest BCUT2D eigenvalue weighted by Crippen LogP contribution is -2.37. The van der Waals surface area contributed by atoms with Gasteiger partial charge < -0.3 is 0 Å². The van der Waals surface area contributed by atoms with Crippen molar-refractivity contribution in [1.82, 2.24) is 19.5 Å². The summed E-state index contributed by atoms with van der Waals surface area (Å²) in [6.45, 7) is -0.586. The van der Waals surface area contributed by atoms with Crippen molar-refractivity contribution in [2.45, 2.75) is 0 Å². The number of carbonyl (C=O) groups is 3. The molecule has 5 rings (SSSR count). The zero-order valence-electron chi connectivity index (χ0n) is 16.4. The van der Waals surface area contributed by atoms with Crippen LogP contribution in [0.5, 0.6) is 0 Å². The van der Waals surface area contributed by atoms with E-state index in [4.69, 9.17) is 11.6 Å². The van der Waals surface area contributed by atoms with E-state index in [-0.39, 0.29) is 22.8 Å². The second-order valence-corrected chi connectivity index (χ2v) is 8.26. The Labute approximate surface area is 193 Å². The van der Waals surface area contributed by atoms with Crippen LogP contribution in [0.3, 0.4) is 0 Å². The van der Waals surface area contributed by atoms with Crippen LogP contribution >= 0.6 is 22.9 Å². The standard InChI is InChI=1S/C20H11ClN6O5S/c21-11-3-1-10(2-4-11)15-9-33-20-23-19(24-26(15)20)22-16(28)8-25-17(29)13-6-5-12(27(31)32)7-14(13)18(25)30/h1-7,9H,8H2,(H,22,24,28). The lowest BCUT2D eigenvalue weighted by atomic mass is 10.1. The minimum Gasteiger partial charge on any atom is -0.292 e. The summed E-state index contributed by atoms with van der Waals surface area (Å²) in [7, 11) is 0. The fraction of sp³-hybridized carbons (Fsp3) is 0.0500. The molecule has 0 spiro atoms. The molecule has 3 amide bonds. The molecule has 0 aliphatic carbocycles. The molecule has 13 heteroatoms. The van der Waals surface area contributed by atoms with Crippen molar-refractivity contribution in [2.75, 3.05) is 11.9 Å². The Hall–Kier alpha value is -4.16. The molecular weight excluding hydrogens is 472 g/mol. The largest absolute Gasteiger partial charge is 0.292 e. The fourth-order valence-corrected chi connectivity index (χ4v) is 4.35. The van der Waals surface area contributed by atoms with E-state index in [2.05, 4.69) is 15.4 Å². The van der Waals surface area contributed by atoms with Crippen LogP contribution in [0.2, 0.25) is 5.02 Å². The number of nitrogens with one attached hydrogen (secondary N) is 1. The number of benzene rings is 2. The first-order chi connectivity index (χ1) is 15.8. The summed E-state index contributed by atoms with van der Waals surface area (Å²) in [5, 5.41) is 20.2. The van der Waals surface area contributed by atoms with Gasteiger partial charge in [0, 0.05) is 28.1 Å². The van der Waals surface area contributed by atoms with Crippen molar-refractivity contribution in [3.05, 3.63) is 74.1 Å². The number of imide groups is 1. The predicted molar refractivity (Wildman–Crippen MR) is 118 cm³/mol. The second-order valence-electron chi connectivity index (χ2n) is 6.99. The minimum atomic E-state index is -0.780. The van der Waals surface area contributed by atoms with Crippen LogP contribution in [-0.4, -0.2) is 48.7 Å². The van der Waals surface area contributed by atoms with E-state index in [0.29, 0.717) is 9.98 Å². The highest BCUT2D eigenvalue weighted by atomic mass is 35.5. The molecule has 33 heavy (non-hydrogen) atoms. The molecule has 1 aliphatic heterocycles. The molecule has 0 bridgehead atoms. The van der Waals surface area contributed by atoms with E-state index < -0.39 is 29.2 Å². The number of nitrogens with zero attached hydrogens (tertiary/aromatic N) is 5. The van der Waals surface area contributed by atoms with E-state index in [1.165, 1.54) is 17.4 Å². The first-order valence-corrected chi connectivity index (χ1v) is 10.6. The zero-order valence-corrected chi connectivity index (χ0v) is 18.0. The fourth-order valence-electron chi connectivity index (χ4n) is 3.40. The monoisotopic (exact) mass is 482 g/mol. The van der Waals surface area contributed by atoms with Gasteiger partial charge in [-0.25, -0.2) is 4.52 Å². The Morgan fingerprint density at radius 1 is 1.12 bits per heavy atom. The minimum absolute atomic E-state index is 0.00615. The van der Waals surface area contributed by atoms with Crippen LogP contribution in [-0.2, 0) is 4.79 Å². The Balaban J connectivity index is 1.33. The highest BCUT2D eigenvalue weighted by molar-refractivity contribution is 7.15. The van der Waals surface area contributed by atoms with E-state index in [9.17, 15) is 24.5 Å². The number of nitro groups is 1. The maximum absolute atomic E-state index is 12.6. The molecule has 0 unspecified atom stereocenters. The third-order valence-electron chi connectivity index (χ3n) is 4.94. The molecular formula is C20H11ClN6O5S. The molecule has 1 aliphatic rings. The van der Waals surface area contributed by atoms with Crippen molar-refractivity contribution in [3.8, 4) is 11.3 Å². The third kappa shape index (κ3) is 3.60. The van der Waals surface area contributed by atoms with Gasteiger partial charge in [-0.2, -0.15) is 4.98 Å². The molecule has 1 N–H and O–H groups in total. The summed E-state index contributed by atoms with van der Waals surface area (Å²) in [4.78, 5) is 53.4. The Morgan fingerprint density at radius 3 is 2.58 bits per heavy atom. The van der Waals surface area contributed by atoms with Crippen LogP contribution in [0.15, 0.2) is 47.8 Å². The number of hydrogen-bond donors (Lipinski definition) is 1.